The Bertz CT molecular complexity index is 832. The molecule has 2 heterocycles. The zero-order valence-electron chi connectivity index (χ0n) is 15.4. The first-order chi connectivity index (χ1) is 13.3. The highest BCUT2D eigenvalue weighted by Gasteiger charge is 2.48. The number of aromatic nitrogens is 1. The maximum Gasteiger partial charge on any atom is 0.162 e. The highest BCUT2D eigenvalue weighted by Crippen LogP contribution is 2.45. The van der Waals surface area contributed by atoms with Crippen molar-refractivity contribution in [3.05, 3.63) is 59.4 Å². The standard InChI is InChI=1S/C21H24F2N2O3/c22-17-3-1-2-13(20(17)23)6-21(28)7-14-10-25(11-15(14)8-21)12-19(27)18-5-4-16(26)9-24-18/h1-5,9,14-15,19,26-28H,6-8,10-12H2/t14-,15+,19?,21-. The van der Waals surface area contributed by atoms with Crippen molar-refractivity contribution in [3.8, 4) is 5.75 Å². The maximum absolute atomic E-state index is 14.0. The molecule has 2 aliphatic rings. The van der Waals surface area contributed by atoms with Gasteiger partial charge in [0.15, 0.2) is 11.6 Å². The van der Waals surface area contributed by atoms with E-state index in [1.54, 1.807) is 6.07 Å². The Morgan fingerprint density at radius 1 is 1.14 bits per heavy atom. The highest BCUT2D eigenvalue weighted by atomic mass is 19.2. The lowest BCUT2D eigenvalue weighted by Crippen LogP contribution is -2.34. The van der Waals surface area contributed by atoms with Gasteiger partial charge in [0, 0.05) is 26.1 Å². The number of aliphatic hydroxyl groups excluding tert-OH is 1. The molecule has 0 spiro atoms. The Hall–Kier alpha value is -2.09. The van der Waals surface area contributed by atoms with Crippen LogP contribution in [0.15, 0.2) is 36.5 Å². The second-order valence-electron chi connectivity index (χ2n) is 8.22. The Kier molecular flexibility index (Phi) is 5.07. The molecular formula is C21H24F2N2O3. The van der Waals surface area contributed by atoms with Crippen LogP contribution in [0.3, 0.4) is 0 Å². The minimum absolute atomic E-state index is 0.0562. The van der Waals surface area contributed by atoms with Crippen LogP contribution < -0.4 is 0 Å². The van der Waals surface area contributed by atoms with Crippen LogP contribution in [0, 0.1) is 23.5 Å². The van der Waals surface area contributed by atoms with E-state index < -0.39 is 23.3 Å². The van der Waals surface area contributed by atoms with E-state index in [1.165, 1.54) is 24.4 Å². The van der Waals surface area contributed by atoms with Gasteiger partial charge in [-0.3, -0.25) is 9.88 Å². The molecule has 1 aromatic heterocycles. The molecule has 0 bridgehead atoms. The SMILES string of the molecule is Oc1ccc(C(O)CN2C[C@@H]3C[C@@](O)(Cc4cccc(F)c4F)C[C@@H]3C2)nc1. The summed E-state index contributed by atoms with van der Waals surface area (Å²) in [5.41, 5.74) is -0.297. The number of β-amino-alcohol motifs (C(OH)–C–C–N with tert-alkyl or cyclic N) is 1. The van der Waals surface area contributed by atoms with Crippen LogP contribution in [-0.2, 0) is 6.42 Å². The first-order valence-corrected chi connectivity index (χ1v) is 9.53. The molecule has 2 aromatic rings. The molecule has 4 rings (SSSR count). The largest absolute Gasteiger partial charge is 0.506 e. The van der Waals surface area contributed by atoms with Crippen molar-refractivity contribution in [1.82, 2.24) is 9.88 Å². The van der Waals surface area contributed by atoms with Crippen molar-refractivity contribution in [3.63, 3.8) is 0 Å². The summed E-state index contributed by atoms with van der Waals surface area (Å²) in [5.74, 6) is -1.18. The smallest absolute Gasteiger partial charge is 0.162 e. The van der Waals surface area contributed by atoms with Gasteiger partial charge in [0.05, 0.1) is 17.5 Å². The molecule has 1 unspecified atom stereocenters. The molecule has 0 amide bonds. The molecule has 1 saturated heterocycles. The van der Waals surface area contributed by atoms with Crippen molar-refractivity contribution >= 4 is 0 Å². The van der Waals surface area contributed by atoms with Gasteiger partial charge in [-0.05, 0) is 48.4 Å². The molecule has 3 N–H and O–H groups in total. The van der Waals surface area contributed by atoms with Crippen LogP contribution in [0.25, 0.3) is 0 Å². The summed E-state index contributed by atoms with van der Waals surface area (Å²) in [6.45, 7) is 1.92. The van der Waals surface area contributed by atoms with Gasteiger partial charge in [0.25, 0.3) is 0 Å². The van der Waals surface area contributed by atoms with E-state index in [-0.39, 0.29) is 29.6 Å². The van der Waals surface area contributed by atoms with Gasteiger partial charge in [-0.15, -0.1) is 0 Å². The van der Waals surface area contributed by atoms with Crippen LogP contribution in [0.2, 0.25) is 0 Å². The Morgan fingerprint density at radius 3 is 2.50 bits per heavy atom. The number of hydrogen-bond donors (Lipinski definition) is 3. The van der Waals surface area contributed by atoms with Crippen molar-refractivity contribution in [2.45, 2.75) is 31.0 Å². The van der Waals surface area contributed by atoms with E-state index in [4.69, 9.17) is 0 Å². The molecule has 1 aromatic carbocycles. The van der Waals surface area contributed by atoms with Crippen LogP contribution in [0.5, 0.6) is 5.75 Å². The second kappa shape index (κ2) is 7.39. The first kappa shape index (κ1) is 19.2. The lowest BCUT2D eigenvalue weighted by atomic mass is 9.91. The van der Waals surface area contributed by atoms with E-state index in [2.05, 4.69) is 9.88 Å². The number of nitrogens with zero attached hydrogens (tertiary/aromatic N) is 2. The normalized spacial score (nSPS) is 28.4. The van der Waals surface area contributed by atoms with E-state index in [1.807, 2.05) is 0 Å². The summed E-state index contributed by atoms with van der Waals surface area (Å²) in [6.07, 6.45) is 1.75. The monoisotopic (exact) mass is 390 g/mol. The summed E-state index contributed by atoms with van der Waals surface area (Å²) in [4.78, 5) is 6.19. The molecule has 28 heavy (non-hydrogen) atoms. The van der Waals surface area contributed by atoms with Crippen molar-refractivity contribution < 1.29 is 24.1 Å². The van der Waals surface area contributed by atoms with Gasteiger partial charge in [-0.25, -0.2) is 8.78 Å². The predicted molar refractivity (Wildman–Crippen MR) is 98.5 cm³/mol. The van der Waals surface area contributed by atoms with Crippen LogP contribution in [0.4, 0.5) is 8.78 Å². The van der Waals surface area contributed by atoms with E-state index in [0.717, 1.165) is 19.2 Å². The van der Waals surface area contributed by atoms with Gasteiger partial charge >= 0.3 is 0 Å². The fourth-order valence-electron chi connectivity index (χ4n) is 4.82. The van der Waals surface area contributed by atoms with Gasteiger partial charge in [0.1, 0.15) is 11.9 Å². The minimum Gasteiger partial charge on any atom is -0.506 e. The number of likely N-dealkylation sites (tertiary alicyclic amines) is 1. The van der Waals surface area contributed by atoms with Crippen LogP contribution in [0.1, 0.15) is 30.2 Å². The molecule has 2 fully saturated rings. The summed E-state index contributed by atoms with van der Waals surface area (Å²) < 4.78 is 27.4. The second-order valence-corrected chi connectivity index (χ2v) is 8.22. The first-order valence-electron chi connectivity index (χ1n) is 9.53. The van der Waals surface area contributed by atoms with Crippen molar-refractivity contribution in [2.75, 3.05) is 19.6 Å². The molecule has 4 atom stereocenters. The third kappa shape index (κ3) is 3.87. The number of aromatic hydroxyl groups is 1. The molecule has 1 aliphatic heterocycles. The third-order valence-corrected chi connectivity index (χ3v) is 6.03. The Labute approximate surface area is 162 Å². The molecule has 0 radical (unpaired) electrons. The maximum atomic E-state index is 14.0. The fraction of sp³-hybridized carbons (Fsp3) is 0.476. The molecule has 1 aliphatic carbocycles. The van der Waals surface area contributed by atoms with E-state index >= 15 is 0 Å². The molecular weight excluding hydrogens is 366 g/mol. The minimum atomic E-state index is -1.02. The number of rotatable bonds is 5. The van der Waals surface area contributed by atoms with Crippen molar-refractivity contribution in [2.24, 2.45) is 11.8 Å². The lowest BCUT2D eigenvalue weighted by molar-refractivity contribution is 0.0318. The number of benzene rings is 1. The van der Waals surface area contributed by atoms with Gasteiger partial charge in [-0.1, -0.05) is 12.1 Å². The predicted octanol–water partition coefficient (Wildman–Crippen LogP) is 2.41. The van der Waals surface area contributed by atoms with Gasteiger partial charge < -0.3 is 15.3 Å². The van der Waals surface area contributed by atoms with Gasteiger partial charge in [-0.2, -0.15) is 0 Å². The molecule has 1 saturated carbocycles. The molecule has 5 nitrogen and oxygen atoms in total. The fourth-order valence-corrected chi connectivity index (χ4v) is 4.82. The number of halogens is 2. The molecule has 150 valence electrons. The summed E-state index contributed by atoms with van der Waals surface area (Å²) in [5, 5.41) is 30.6. The Morgan fingerprint density at radius 2 is 1.86 bits per heavy atom. The zero-order chi connectivity index (χ0) is 19.9. The summed E-state index contributed by atoms with van der Waals surface area (Å²) in [6, 6.07) is 7.17. The van der Waals surface area contributed by atoms with Crippen LogP contribution >= 0.6 is 0 Å². The third-order valence-electron chi connectivity index (χ3n) is 6.03. The average molecular weight is 390 g/mol. The number of pyridine rings is 1. The topological polar surface area (TPSA) is 76.8 Å². The molecule has 7 heteroatoms. The Balaban J connectivity index is 1.35. The van der Waals surface area contributed by atoms with E-state index in [0.29, 0.717) is 25.1 Å². The van der Waals surface area contributed by atoms with E-state index in [9.17, 15) is 24.1 Å². The quantitative estimate of drug-likeness (QED) is 0.731. The zero-order valence-corrected chi connectivity index (χ0v) is 15.4. The van der Waals surface area contributed by atoms with Crippen molar-refractivity contribution in [1.29, 1.82) is 0 Å². The number of fused-ring (bicyclic) bond motifs is 1. The number of hydrogen-bond acceptors (Lipinski definition) is 5. The number of aliphatic hydroxyl groups is 2. The average Bonchev–Trinajstić information content (AvgIpc) is 3.13. The summed E-state index contributed by atoms with van der Waals surface area (Å²) in [7, 11) is 0. The lowest BCUT2D eigenvalue weighted by Gasteiger charge is -2.27. The van der Waals surface area contributed by atoms with Gasteiger partial charge in [0.2, 0.25) is 0 Å². The highest BCUT2D eigenvalue weighted by molar-refractivity contribution is 5.22. The summed E-state index contributed by atoms with van der Waals surface area (Å²) >= 11 is 0. The van der Waals surface area contributed by atoms with Crippen LogP contribution in [-0.4, -0.2) is 50.4 Å².